The topological polar surface area (TPSA) is 77.8 Å². The maximum absolute atomic E-state index is 11.9. The summed E-state index contributed by atoms with van der Waals surface area (Å²) >= 11 is 0. The minimum atomic E-state index is -1.11. The minimum Gasteiger partial charge on any atom is -0.481 e. The van der Waals surface area contributed by atoms with E-state index >= 15 is 0 Å². The molecule has 18 heavy (non-hydrogen) atoms. The second-order valence-electron chi connectivity index (χ2n) is 6.02. The van der Waals surface area contributed by atoms with Gasteiger partial charge < -0.3 is 15.1 Å². The Morgan fingerprint density at radius 1 is 1.06 bits per heavy atom. The summed E-state index contributed by atoms with van der Waals surface area (Å²) in [5, 5.41) is 19.8. The van der Waals surface area contributed by atoms with Crippen LogP contribution in [0, 0.1) is 11.3 Å². The van der Waals surface area contributed by atoms with Crippen LogP contribution in [0.2, 0.25) is 0 Å². The van der Waals surface area contributed by atoms with Crippen LogP contribution in [0.3, 0.4) is 0 Å². The number of aliphatic hydroxyl groups is 1. The van der Waals surface area contributed by atoms with Crippen molar-refractivity contribution < 1.29 is 19.8 Å². The van der Waals surface area contributed by atoms with Crippen LogP contribution in [0.15, 0.2) is 0 Å². The smallest absolute Gasteiger partial charge is 0.312 e. The number of likely N-dealkylation sites (tertiary alicyclic amines) is 1. The number of carbonyl (C=O) groups is 2. The molecule has 2 aliphatic carbocycles. The van der Waals surface area contributed by atoms with Gasteiger partial charge in [0.1, 0.15) is 0 Å². The lowest BCUT2D eigenvalue weighted by atomic mass is 9.76. The average Bonchev–Trinajstić information content (AvgIpc) is 3.19. The van der Waals surface area contributed by atoms with E-state index in [-0.39, 0.29) is 11.8 Å². The Morgan fingerprint density at radius 3 is 2.00 bits per heavy atom. The van der Waals surface area contributed by atoms with Crippen molar-refractivity contribution in [2.75, 3.05) is 13.1 Å². The van der Waals surface area contributed by atoms with Crippen molar-refractivity contribution in [2.45, 2.75) is 44.1 Å². The molecule has 1 saturated heterocycles. The first-order valence-electron chi connectivity index (χ1n) is 6.73. The SMILES string of the molecule is O=C(C1CC1)N1CCC(O)(C2(C(=O)O)CC2)CC1. The van der Waals surface area contributed by atoms with Crippen LogP contribution in [-0.4, -0.2) is 45.7 Å². The number of rotatable bonds is 3. The van der Waals surface area contributed by atoms with E-state index in [2.05, 4.69) is 0 Å². The zero-order chi connectivity index (χ0) is 13.0. The Balaban J connectivity index is 1.65. The molecule has 0 aromatic rings. The van der Waals surface area contributed by atoms with Crippen LogP contribution in [0.1, 0.15) is 38.5 Å². The van der Waals surface area contributed by atoms with Gasteiger partial charge in [-0.3, -0.25) is 9.59 Å². The van der Waals surface area contributed by atoms with E-state index < -0.39 is 17.0 Å². The molecule has 0 unspecified atom stereocenters. The second kappa shape index (κ2) is 3.70. The highest BCUT2D eigenvalue weighted by Crippen LogP contribution is 2.57. The van der Waals surface area contributed by atoms with Crippen LogP contribution in [0.25, 0.3) is 0 Å². The van der Waals surface area contributed by atoms with Gasteiger partial charge >= 0.3 is 5.97 Å². The Morgan fingerprint density at radius 2 is 1.61 bits per heavy atom. The van der Waals surface area contributed by atoms with Crippen molar-refractivity contribution in [1.29, 1.82) is 0 Å². The molecular weight excluding hydrogens is 234 g/mol. The molecule has 5 heteroatoms. The van der Waals surface area contributed by atoms with Crippen LogP contribution < -0.4 is 0 Å². The Bertz CT molecular complexity index is 390. The predicted octanol–water partition coefficient (Wildman–Crippen LogP) is 0.615. The fraction of sp³-hybridized carbons (Fsp3) is 0.846. The van der Waals surface area contributed by atoms with Crippen LogP contribution in [0.4, 0.5) is 0 Å². The first-order chi connectivity index (χ1) is 8.48. The molecule has 1 heterocycles. The van der Waals surface area contributed by atoms with Crippen molar-refractivity contribution >= 4 is 11.9 Å². The van der Waals surface area contributed by atoms with Crippen molar-refractivity contribution in [3.05, 3.63) is 0 Å². The maximum atomic E-state index is 11.9. The number of carboxylic acids is 1. The highest BCUT2D eigenvalue weighted by molar-refractivity contribution is 5.82. The van der Waals surface area contributed by atoms with Crippen molar-refractivity contribution in [1.82, 2.24) is 4.90 Å². The summed E-state index contributed by atoms with van der Waals surface area (Å²) in [6.45, 7) is 1.00. The van der Waals surface area contributed by atoms with E-state index in [1.54, 1.807) is 4.90 Å². The van der Waals surface area contributed by atoms with Gasteiger partial charge in [0.2, 0.25) is 5.91 Å². The van der Waals surface area contributed by atoms with Gasteiger partial charge in [-0.15, -0.1) is 0 Å². The molecule has 0 aromatic carbocycles. The number of hydrogen-bond donors (Lipinski definition) is 2. The highest BCUT2D eigenvalue weighted by Gasteiger charge is 2.64. The molecule has 0 bridgehead atoms. The summed E-state index contributed by atoms with van der Waals surface area (Å²) in [5.41, 5.74) is -2.04. The molecule has 1 aliphatic heterocycles. The Kier molecular flexibility index (Phi) is 2.46. The quantitative estimate of drug-likeness (QED) is 0.772. The first kappa shape index (κ1) is 12.0. The third kappa shape index (κ3) is 1.64. The molecule has 3 fully saturated rings. The van der Waals surface area contributed by atoms with E-state index in [9.17, 15) is 19.8 Å². The molecule has 100 valence electrons. The molecule has 0 radical (unpaired) electrons. The van der Waals surface area contributed by atoms with Crippen LogP contribution in [-0.2, 0) is 9.59 Å². The largest absolute Gasteiger partial charge is 0.481 e. The van der Waals surface area contributed by atoms with E-state index in [1.807, 2.05) is 0 Å². The molecule has 2 N–H and O–H groups in total. The summed E-state index contributed by atoms with van der Waals surface area (Å²) in [5.74, 6) is -0.491. The van der Waals surface area contributed by atoms with Crippen molar-refractivity contribution in [3.63, 3.8) is 0 Å². The first-order valence-corrected chi connectivity index (χ1v) is 6.73. The normalized spacial score (nSPS) is 28.8. The number of amides is 1. The van der Waals surface area contributed by atoms with Gasteiger partial charge in [-0.2, -0.15) is 0 Å². The minimum absolute atomic E-state index is 0.192. The third-order valence-electron chi connectivity index (χ3n) is 4.88. The molecule has 0 atom stereocenters. The number of carbonyl (C=O) groups excluding carboxylic acids is 1. The average molecular weight is 253 g/mol. The number of nitrogens with zero attached hydrogens (tertiary/aromatic N) is 1. The molecule has 3 aliphatic rings. The lowest BCUT2D eigenvalue weighted by Crippen LogP contribution is -2.53. The highest BCUT2D eigenvalue weighted by atomic mass is 16.4. The van der Waals surface area contributed by atoms with Gasteiger partial charge in [-0.05, 0) is 38.5 Å². The van der Waals surface area contributed by atoms with Crippen molar-refractivity contribution in [3.8, 4) is 0 Å². The zero-order valence-electron chi connectivity index (χ0n) is 10.4. The number of piperidine rings is 1. The monoisotopic (exact) mass is 253 g/mol. The molecule has 0 aromatic heterocycles. The summed E-state index contributed by atoms with van der Waals surface area (Å²) in [4.78, 5) is 25.0. The number of aliphatic carboxylic acids is 1. The number of carboxylic acid groups (broad SMARTS) is 1. The molecule has 0 spiro atoms. The molecular formula is C13H19NO4. The standard InChI is InChI=1S/C13H19NO4/c15-10(9-1-2-9)14-7-5-13(18,6-8-14)12(3-4-12)11(16)17/h9,18H,1-8H2,(H,16,17). The maximum Gasteiger partial charge on any atom is 0.312 e. The zero-order valence-corrected chi connectivity index (χ0v) is 10.4. The lowest BCUT2D eigenvalue weighted by Gasteiger charge is -2.42. The van der Waals surface area contributed by atoms with Gasteiger partial charge in [0, 0.05) is 19.0 Å². The third-order valence-corrected chi connectivity index (χ3v) is 4.88. The van der Waals surface area contributed by atoms with Gasteiger partial charge in [0.25, 0.3) is 0 Å². The van der Waals surface area contributed by atoms with Crippen LogP contribution in [0.5, 0.6) is 0 Å². The molecule has 3 rings (SSSR count). The van der Waals surface area contributed by atoms with Gasteiger partial charge in [-0.1, -0.05) is 0 Å². The Labute approximate surface area is 106 Å². The van der Waals surface area contributed by atoms with E-state index in [1.165, 1.54) is 0 Å². The summed E-state index contributed by atoms with van der Waals surface area (Å²) in [6.07, 6.45) is 3.90. The number of hydrogen-bond acceptors (Lipinski definition) is 3. The van der Waals surface area contributed by atoms with Crippen molar-refractivity contribution in [2.24, 2.45) is 11.3 Å². The summed E-state index contributed by atoms with van der Waals surface area (Å²) in [7, 11) is 0. The van der Waals surface area contributed by atoms with Crippen LogP contribution >= 0.6 is 0 Å². The van der Waals surface area contributed by atoms with E-state index in [0.29, 0.717) is 38.8 Å². The summed E-state index contributed by atoms with van der Waals surface area (Å²) in [6, 6.07) is 0. The fourth-order valence-electron chi connectivity index (χ4n) is 3.17. The fourth-order valence-corrected chi connectivity index (χ4v) is 3.17. The van der Waals surface area contributed by atoms with E-state index in [0.717, 1.165) is 12.8 Å². The predicted molar refractivity (Wildman–Crippen MR) is 62.8 cm³/mol. The van der Waals surface area contributed by atoms with Gasteiger partial charge in [-0.25, -0.2) is 0 Å². The lowest BCUT2D eigenvalue weighted by molar-refractivity contribution is -0.162. The molecule has 2 saturated carbocycles. The Hall–Kier alpha value is -1.10. The molecule has 5 nitrogen and oxygen atoms in total. The summed E-state index contributed by atoms with van der Waals surface area (Å²) < 4.78 is 0. The van der Waals surface area contributed by atoms with Gasteiger partial charge in [0.15, 0.2) is 0 Å². The van der Waals surface area contributed by atoms with E-state index in [4.69, 9.17) is 0 Å². The second-order valence-corrected chi connectivity index (χ2v) is 6.02. The van der Waals surface area contributed by atoms with Gasteiger partial charge in [0.05, 0.1) is 11.0 Å². The molecule has 1 amide bonds.